The van der Waals surface area contributed by atoms with Crippen LogP contribution in [0.5, 0.6) is 0 Å². The summed E-state index contributed by atoms with van der Waals surface area (Å²) in [6.07, 6.45) is 4.68. The van der Waals surface area contributed by atoms with Crippen molar-refractivity contribution in [1.29, 1.82) is 0 Å². The number of likely N-dealkylation sites (tertiary alicyclic amines) is 1. The summed E-state index contributed by atoms with van der Waals surface area (Å²) in [7, 11) is 0. The standard InChI is InChI=1S/C16H21N3OS.ClH/c1-12-2-3-14(20-12)15-18-8-13(21-15)9-19-7-5-16(11-19)4-6-17-10-16;/h2-3,8,17H,4-7,9-11H2,1H3;1H. The molecule has 120 valence electrons. The van der Waals surface area contributed by atoms with E-state index in [1.54, 1.807) is 11.3 Å². The van der Waals surface area contributed by atoms with E-state index in [4.69, 9.17) is 4.42 Å². The van der Waals surface area contributed by atoms with E-state index in [2.05, 4.69) is 15.2 Å². The number of nitrogens with one attached hydrogen (secondary N) is 1. The first-order chi connectivity index (χ1) is 10.2. The fraction of sp³-hybridized carbons (Fsp3) is 0.562. The summed E-state index contributed by atoms with van der Waals surface area (Å²) in [5.74, 6) is 1.83. The number of rotatable bonds is 3. The molecule has 2 aromatic heterocycles. The van der Waals surface area contributed by atoms with Gasteiger partial charge in [-0.25, -0.2) is 4.98 Å². The maximum absolute atomic E-state index is 5.66. The number of aromatic nitrogens is 1. The maximum atomic E-state index is 5.66. The number of hydrogen-bond donors (Lipinski definition) is 1. The minimum Gasteiger partial charge on any atom is -0.459 e. The number of furan rings is 1. The highest BCUT2D eigenvalue weighted by molar-refractivity contribution is 7.14. The molecule has 4 heterocycles. The molecule has 4 rings (SSSR count). The summed E-state index contributed by atoms with van der Waals surface area (Å²) in [6.45, 7) is 7.83. The summed E-state index contributed by atoms with van der Waals surface area (Å²) >= 11 is 1.75. The van der Waals surface area contributed by atoms with Gasteiger partial charge in [0.1, 0.15) is 5.76 Å². The van der Waals surface area contributed by atoms with E-state index in [0.717, 1.165) is 23.1 Å². The average Bonchev–Trinajstić information content (AvgIpc) is 3.21. The smallest absolute Gasteiger partial charge is 0.162 e. The molecule has 1 N–H and O–H groups in total. The van der Waals surface area contributed by atoms with Crippen molar-refractivity contribution in [1.82, 2.24) is 15.2 Å². The molecule has 0 amide bonds. The van der Waals surface area contributed by atoms with E-state index >= 15 is 0 Å². The molecule has 2 fully saturated rings. The van der Waals surface area contributed by atoms with Gasteiger partial charge in [-0.15, -0.1) is 23.7 Å². The van der Waals surface area contributed by atoms with Gasteiger partial charge in [0.25, 0.3) is 0 Å². The van der Waals surface area contributed by atoms with E-state index < -0.39 is 0 Å². The van der Waals surface area contributed by atoms with Crippen LogP contribution < -0.4 is 5.32 Å². The normalized spacial score (nSPS) is 25.0. The van der Waals surface area contributed by atoms with Crippen molar-refractivity contribution in [3.05, 3.63) is 29.0 Å². The SMILES string of the molecule is Cc1ccc(-c2ncc(CN3CCC4(CCNC4)C3)s2)o1.Cl. The Labute approximate surface area is 141 Å². The molecule has 4 nitrogen and oxygen atoms in total. The third kappa shape index (κ3) is 3.08. The molecule has 22 heavy (non-hydrogen) atoms. The van der Waals surface area contributed by atoms with E-state index in [-0.39, 0.29) is 12.4 Å². The van der Waals surface area contributed by atoms with Gasteiger partial charge in [-0.05, 0) is 50.4 Å². The Morgan fingerprint density at radius 1 is 1.41 bits per heavy atom. The van der Waals surface area contributed by atoms with Crippen molar-refractivity contribution < 1.29 is 4.42 Å². The third-order valence-electron chi connectivity index (χ3n) is 4.73. The van der Waals surface area contributed by atoms with E-state index in [1.165, 1.54) is 43.9 Å². The topological polar surface area (TPSA) is 41.3 Å². The van der Waals surface area contributed by atoms with E-state index in [0.29, 0.717) is 5.41 Å². The van der Waals surface area contributed by atoms with Crippen molar-refractivity contribution >= 4 is 23.7 Å². The second kappa shape index (κ2) is 6.32. The highest BCUT2D eigenvalue weighted by Gasteiger charge is 2.40. The lowest BCUT2D eigenvalue weighted by Gasteiger charge is -2.22. The Morgan fingerprint density at radius 2 is 2.32 bits per heavy atom. The second-order valence-electron chi connectivity index (χ2n) is 6.43. The summed E-state index contributed by atoms with van der Waals surface area (Å²) in [4.78, 5) is 8.43. The van der Waals surface area contributed by atoms with Gasteiger partial charge in [-0.2, -0.15) is 0 Å². The van der Waals surface area contributed by atoms with Gasteiger partial charge < -0.3 is 9.73 Å². The van der Waals surface area contributed by atoms with Crippen LogP contribution in [0.3, 0.4) is 0 Å². The molecule has 2 saturated heterocycles. The maximum Gasteiger partial charge on any atom is 0.162 e. The predicted octanol–water partition coefficient (Wildman–Crippen LogP) is 3.32. The molecule has 1 unspecified atom stereocenters. The van der Waals surface area contributed by atoms with Crippen molar-refractivity contribution in [2.75, 3.05) is 26.2 Å². The van der Waals surface area contributed by atoms with Crippen LogP contribution in [0.4, 0.5) is 0 Å². The Hall–Kier alpha value is -0.880. The molecule has 6 heteroatoms. The lowest BCUT2D eigenvalue weighted by atomic mass is 9.87. The number of thiazole rings is 1. The second-order valence-corrected chi connectivity index (χ2v) is 7.54. The number of nitrogens with zero attached hydrogens (tertiary/aromatic N) is 2. The van der Waals surface area contributed by atoms with Crippen LogP contribution in [0.15, 0.2) is 22.7 Å². The van der Waals surface area contributed by atoms with Crippen LogP contribution in [-0.2, 0) is 6.54 Å². The third-order valence-corrected chi connectivity index (χ3v) is 5.73. The van der Waals surface area contributed by atoms with Gasteiger partial charge in [0.15, 0.2) is 10.8 Å². The molecule has 2 aliphatic rings. The molecule has 0 saturated carbocycles. The predicted molar refractivity (Wildman–Crippen MR) is 91.6 cm³/mol. The Morgan fingerprint density at radius 3 is 3.05 bits per heavy atom. The minimum atomic E-state index is 0. The van der Waals surface area contributed by atoms with Crippen LogP contribution in [0.2, 0.25) is 0 Å². The van der Waals surface area contributed by atoms with Crippen molar-refractivity contribution in [3.8, 4) is 10.8 Å². The molecular formula is C16H22ClN3OS. The largest absolute Gasteiger partial charge is 0.459 e. The lowest BCUT2D eigenvalue weighted by molar-refractivity contribution is 0.270. The summed E-state index contributed by atoms with van der Waals surface area (Å²) in [5.41, 5.74) is 0.547. The molecule has 0 radical (unpaired) electrons. The molecular weight excluding hydrogens is 318 g/mol. The van der Waals surface area contributed by atoms with Gasteiger partial charge in [-0.1, -0.05) is 0 Å². The molecule has 1 spiro atoms. The minimum absolute atomic E-state index is 0. The van der Waals surface area contributed by atoms with Gasteiger partial charge >= 0.3 is 0 Å². The molecule has 2 aromatic rings. The molecule has 0 bridgehead atoms. The highest BCUT2D eigenvalue weighted by Crippen LogP contribution is 2.37. The van der Waals surface area contributed by atoms with Crippen LogP contribution in [0, 0.1) is 12.3 Å². The summed E-state index contributed by atoms with van der Waals surface area (Å²) in [5, 5.41) is 4.51. The van der Waals surface area contributed by atoms with E-state index in [1.807, 2.05) is 25.3 Å². The number of halogens is 1. The monoisotopic (exact) mass is 339 g/mol. The first-order valence-corrected chi connectivity index (χ1v) is 8.49. The Kier molecular flexibility index (Phi) is 4.59. The quantitative estimate of drug-likeness (QED) is 0.931. The average molecular weight is 340 g/mol. The van der Waals surface area contributed by atoms with Gasteiger partial charge in [0, 0.05) is 30.7 Å². The van der Waals surface area contributed by atoms with Crippen molar-refractivity contribution in [3.63, 3.8) is 0 Å². The van der Waals surface area contributed by atoms with Gasteiger partial charge in [0.2, 0.25) is 0 Å². The first kappa shape index (κ1) is 16.0. The first-order valence-electron chi connectivity index (χ1n) is 7.67. The zero-order chi connectivity index (χ0) is 14.3. The zero-order valence-electron chi connectivity index (χ0n) is 12.8. The highest BCUT2D eigenvalue weighted by atomic mass is 35.5. The number of aryl methyl sites for hydroxylation is 1. The van der Waals surface area contributed by atoms with Gasteiger partial charge in [-0.3, -0.25) is 4.90 Å². The number of hydrogen-bond acceptors (Lipinski definition) is 5. The molecule has 0 aliphatic carbocycles. The van der Waals surface area contributed by atoms with Crippen LogP contribution in [-0.4, -0.2) is 36.1 Å². The van der Waals surface area contributed by atoms with Crippen molar-refractivity contribution in [2.24, 2.45) is 5.41 Å². The fourth-order valence-corrected chi connectivity index (χ4v) is 4.49. The van der Waals surface area contributed by atoms with Gasteiger partial charge in [0.05, 0.1) is 0 Å². The van der Waals surface area contributed by atoms with E-state index in [9.17, 15) is 0 Å². The Balaban J connectivity index is 0.00000144. The lowest BCUT2D eigenvalue weighted by Crippen LogP contribution is -2.28. The van der Waals surface area contributed by atoms with Crippen LogP contribution in [0.25, 0.3) is 10.8 Å². The molecule has 1 atom stereocenters. The zero-order valence-corrected chi connectivity index (χ0v) is 14.4. The van der Waals surface area contributed by atoms with Crippen LogP contribution >= 0.6 is 23.7 Å². The molecule has 2 aliphatic heterocycles. The Bertz CT molecular complexity index is 633. The van der Waals surface area contributed by atoms with Crippen LogP contribution in [0.1, 0.15) is 23.5 Å². The fourth-order valence-electron chi connectivity index (χ4n) is 3.57. The summed E-state index contributed by atoms with van der Waals surface area (Å²) < 4.78 is 5.66. The molecule has 0 aromatic carbocycles. The van der Waals surface area contributed by atoms with Crippen molar-refractivity contribution in [2.45, 2.75) is 26.3 Å². The summed E-state index contributed by atoms with van der Waals surface area (Å²) in [6, 6.07) is 4.00.